The van der Waals surface area contributed by atoms with Gasteiger partial charge in [-0.25, -0.2) is 0 Å². The average Bonchev–Trinajstić information content (AvgIpc) is 3.45. The number of aromatic nitrogens is 3. The van der Waals surface area contributed by atoms with E-state index in [1.54, 1.807) is 24.5 Å². The Morgan fingerprint density at radius 3 is 2.39 bits per heavy atom. The molecule has 1 aliphatic rings. The number of non-ortho nitro benzene ring substituents is 1. The maximum Gasteiger partial charge on any atom is 0.269 e. The lowest BCUT2D eigenvalue weighted by Crippen LogP contribution is -2.30. The summed E-state index contributed by atoms with van der Waals surface area (Å²) in [5, 5.41) is 15.2. The van der Waals surface area contributed by atoms with Crippen molar-refractivity contribution in [3.63, 3.8) is 0 Å². The molecule has 1 saturated heterocycles. The van der Waals surface area contributed by atoms with Gasteiger partial charge in [0.25, 0.3) is 5.69 Å². The minimum absolute atomic E-state index is 0.0549. The van der Waals surface area contributed by atoms with E-state index in [-0.39, 0.29) is 17.8 Å². The first-order chi connectivity index (χ1) is 16.1. The van der Waals surface area contributed by atoms with Crippen LogP contribution in [-0.4, -0.2) is 29.5 Å². The number of nitro benzene ring substituents is 1. The molecule has 0 unspecified atom stereocenters. The van der Waals surface area contributed by atoms with Crippen molar-refractivity contribution in [2.24, 2.45) is 0 Å². The third-order valence-corrected chi connectivity index (χ3v) is 6.03. The molecular formula is C24H20N6O2S. The third-order valence-electron chi connectivity index (χ3n) is 5.68. The van der Waals surface area contributed by atoms with Crippen LogP contribution in [-0.2, 0) is 6.54 Å². The number of nitro groups is 1. The Labute approximate surface area is 195 Å². The van der Waals surface area contributed by atoms with E-state index < -0.39 is 4.92 Å². The molecule has 0 radical (unpaired) electrons. The molecule has 4 heterocycles. The van der Waals surface area contributed by atoms with Gasteiger partial charge < -0.3 is 14.8 Å². The molecule has 1 aromatic carbocycles. The van der Waals surface area contributed by atoms with Crippen LogP contribution in [0.25, 0.3) is 5.69 Å². The van der Waals surface area contributed by atoms with Gasteiger partial charge in [0.2, 0.25) is 0 Å². The summed E-state index contributed by atoms with van der Waals surface area (Å²) in [5.41, 5.74) is 3.66. The van der Waals surface area contributed by atoms with Crippen LogP contribution < -0.4 is 5.32 Å². The van der Waals surface area contributed by atoms with Gasteiger partial charge in [-0.2, -0.15) is 0 Å². The van der Waals surface area contributed by atoms with Gasteiger partial charge in [-0.3, -0.25) is 20.1 Å². The summed E-state index contributed by atoms with van der Waals surface area (Å²) in [6, 6.07) is 21.8. The molecule has 0 aliphatic carbocycles. The molecule has 8 nitrogen and oxygen atoms in total. The molecule has 1 aliphatic heterocycles. The second kappa shape index (κ2) is 8.79. The van der Waals surface area contributed by atoms with Gasteiger partial charge in [0, 0.05) is 42.1 Å². The Bertz CT molecular complexity index is 1280. The summed E-state index contributed by atoms with van der Waals surface area (Å²) in [7, 11) is 0. The van der Waals surface area contributed by atoms with Crippen LogP contribution >= 0.6 is 12.2 Å². The number of benzene rings is 1. The molecule has 3 aromatic heterocycles. The SMILES string of the molecule is O=[N+]([O-])c1ccc(-n2cccc2[C@H]2[C@@H](c3ccccn3)NC(=S)N2Cc2ccccn2)cc1. The molecule has 9 heteroatoms. The van der Waals surface area contributed by atoms with E-state index in [4.69, 9.17) is 12.2 Å². The van der Waals surface area contributed by atoms with E-state index in [0.717, 1.165) is 22.8 Å². The van der Waals surface area contributed by atoms with Crippen molar-refractivity contribution in [1.29, 1.82) is 0 Å². The van der Waals surface area contributed by atoms with Gasteiger partial charge in [0.15, 0.2) is 5.11 Å². The Morgan fingerprint density at radius 1 is 0.970 bits per heavy atom. The van der Waals surface area contributed by atoms with Crippen LogP contribution in [0.4, 0.5) is 5.69 Å². The molecule has 164 valence electrons. The highest BCUT2D eigenvalue weighted by Crippen LogP contribution is 2.40. The van der Waals surface area contributed by atoms with Gasteiger partial charge in [-0.15, -0.1) is 0 Å². The average molecular weight is 457 g/mol. The maximum absolute atomic E-state index is 11.1. The van der Waals surface area contributed by atoms with Crippen LogP contribution in [0.3, 0.4) is 0 Å². The number of nitrogens with one attached hydrogen (secondary N) is 1. The van der Waals surface area contributed by atoms with Crippen LogP contribution in [0.15, 0.2) is 91.4 Å². The fraction of sp³-hybridized carbons (Fsp3) is 0.125. The van der Waals surface area contributed by atoms with Gasteiger partial charge in [0.1, 0.15) is 0 Å². The van der Waals surface area contributed by atoms with Crippen LogP contribution in [0.2, 0.25) is 0 Å². The first-order valence-corrected chi connectivity index (χ1v) is 10.8. The van der Waals surface area contributed by atoms with Crippen LogP contribution in [0, 0.1) is 10.1 Å². The Kier molecular flexibility index (Phi) is 5.54. The summed E-state index contributed by atoms with van der Waals surface area (Å²) in [5.74, 6) is 0. The molecule has 1 fully saturated rings. The summed E-state index contributed by atoms with van der Waals surface area (Å²) >= 11 is 5.75. The van der Waals surface area contributed by atoms with Gasteiger partial charge in [-0.05, 0) is 60.7 Å². The van der Waals surface area contributed by atoms with Crippen molar-refractivity contribution in [2.45, 2.75) is 18.6 Å². The molecule has 0 bridgehead atoms. The van der Waals surface area contributed by atoms with Gasteiger partial charge in [-0.1, -0.05) is 12.1 Å². The van der Waals surface area contributed by atoms with Crippen molar-refractivity contribution in [3.8, 4) is 5.69 Å². The quantitative estimate of drug-likeness (QED) is 0.262. The van der Waals surface area contributed by atoms with Crippen molar-refractivity contribution in [3.05, 3.63) is 119 Å². The zero-order valence-corrected chi connectivity index (χ0v) is 18.3. The lowest BCUT2D eigenvalue weighted by Gasteiger charge is -2.28. The predicted molar refractivity (Wildman–Crippen MR) is 128 cm³/mol. The number of hydrogen-bond acceptors (Lipinski definition) is 5. The minimum Gasteiger partial charge on any atom is -0.352 e. The minimum atomic E-state index is -0.397. The fourth-order valence-electron chi connectivity index (χ4n) is 4.17. The summed E-state index contributed by atoms with van der Waals surface area (Å²) < 4.78 is 2.03. The first-order valence-electron chi connectivity index (χ1n) is 10.4. The standard InChI is InChI=1S/C24H20N6O2S/c31-30(32)19-11-9-18(10-12-19)28-15-5-8-21(28)23-22(20-7-2-4-14-26-20)27-24(33)29(23)16-17-6-1-3-13-25-17/h1-15,22-23H,16H2,(H,27,33)/t22-,23+/m1/s1. The molecule has 1 N–H and O–H groups in total. The Hall–Kier alpha value is -4.11. The van der Waals surface area contributed by atoms with E-state index >= 15 is 0 Å². The second-order valence-corrected chi connectivity index (χ2v) is 8.04. The number of nitrogens with zero attached hydrogens (tertiary/aromatic N) is 5. The van der Waals surface area contributed by atoms with E-state index in [2.05, 4.69) is 20.2 Å². The van der Waals surface area contributed by atoms with Crippen molar-refractivity contribution >= 4 is 23.0 Å². The molecule has 0 amide bonds. The van der Waals surface area contributed by atoms with Crippen molar-refractivity contribution in [2.75, 3.05) is 0 Å². The predicted octanol–water partition coefficient (Wildman–Crippen LogP) is 4.35. The second-order valence-electron chi connectivity index (χ2n) is 7.65. The molecule has 0 spiro atoms. The summed E-state index contributed by atoms with van der Waals surface area (Å²) in [6.07, 6.45) is 5.49. The fourth-order valence-corrected chi connectivity index (χ4v) is 4.47. The van der Waals surface area contributed by atoms with E-state index in [9.17, 15) is 10.1 Å². The molecule has 4 aromatic rings. The zero-order valence-electron chi connectivity index (χ0n) is 17.5. The molecular weight excluding hydrogens is 436 g/mol. The normalized spacial score (nSPS) is 17.7. The highest BCUT2D eigenvalue weighted by Gasteiger charge is 2.41. The topological polar surface area (TPSA) is 89.1 Å². The van der Waals surface area contributed by atoms with Gasteiger partial charge in [0.05, 0.1) is 34.9 Å². The summed E-state index contributed by atoms with van der Waals surface area (Å²) in [6.45, 7) is 0.534. The number of rotatable bonds is 6. The smallest absolute Gasteiger partial charge is 0.269 e. The lowest BCUT2D eigenvalue weighted by atomic mass is 10.0. The molecule has 2 atom stereocenters. The molecule has 5 rings (SSSR count). The van der Waals surface area contributed by atoms with Gasteiger partial charge >= 0.3 is 0 Å². The number of thiocarbonyl (C=S) groups is 1. The highest BCUT2D eigenvalue weighted by molar-refractivity contribution is 7.80. The zero-order chi connectivity index (χ0) is 22.8. The lowest BCUT2D eigenvalue weighted by molar-refractivity contribution is -0.384. The Balaban J connectivity index is 1.58. The van der Waals surface area contributed by atoms with Crippen LogP contribution in [0.1, 0.15) is 29.2 Å². The molecule has 33 heavy (non-hydrogen) atoms. The Morgan fingerprint density at radius 2 is 1.73 bits per heavy atom. The molecule has 0 saturated carbocycles. The summed E-state index contributed by atoms with van der Waals surface area (Å²) in [4.78, 5) is 21.9. The first kappa shape index (κ1) is 20.8. The third kappa shape index (κ3) is 4.06. The maximum atomic E-state index is 11.1. The highest BCUT2D eigenvalue weighted by atomic mass is 32.1. The van der Waals surface area contributed by atoms with Crippen molar-refractivity contribution in [1.82, 2.24) is 24.8 Å². The number of hydrogen-bond donors (Lipinski definition) is 1. The van der Waals surface area contributed by atoms with Crippen LogP contribution in [0.5, 0.6) is 0 Å². The number of pyridine rings is 2. The van der Waals surface area contributed by atoms with Crippen molar-refractivity contribution < 1.29 is 4.92 Å². The van der Waals surface area contributed by atoms with E-state index in [0.29, 0.717) is 11.7 Å². The van der Waals surface area contributed by atoms with E-state index in [1.807, 2.05) is 59.3 Å². The largest absolute Gasteiger partial charge is 0.352 e. The van der Waals surface area contributed by atoms with E-state index in [1.165, 1.54) is 12.1 Å². The monoisotopic (exact) mass is 456 g/mol.